The monoisotopic (exact) mass is 311 g/mol. The van der Waals surface area contributed by atoms with Gasteiger partial charge in [0.05, 0.1) is 10.9 Å². The summed E-state index contributed by atoms with van der Waals surface area (Å²) in [7, 11) is 0. The lowest BCUT2D eigenvalue weighted by molar-refractivity contribution is -0.129. The van der Waals surface area contributed by atoms with Crippen molar-refractivity contribution in [1.82, 2.24) is 14.5 Å². The minimum Gasteiger partial charge on any atom is -0.342 e. The van der Waals surface area contributed by atoms with E-state index in [-0.39, 0.29) is 11.2 Å². The number of rotatable bonds is 8. The highest BCUT2D eigenvalue weighted by Crippen LogP contribution is 2.26. The standard InChI is InChI=1S/C16H29N3OS/c1-7-10-11-19-13(5)12(4)17-16(19)21-14(6)15(20)18(8-2)9-3/h14H,7-11H2,1-6H3. The Bertz CT molecular complexity index is 466. The van der Waals surface area contributed by atoms with Crippen LogP contribution < -0.4 is 0 Å². The Balaban J connectivity index is 2.86. The zero-order valence-electron chi connectivity index (χ0n) is 14.3. The zero-order valence-corrected chi connectivity index (χ0v) is 15.1. The molecule has 0 radical (unpaired) electrons. The molecule has 0 saturated carbocycles. The highest BCUT2D eigenvalue weighted by Gasteiger charge is 2.22. The second-order valence-corrected chi connectivity index (χ2v) is 6.65. The number of aromatic nitrogens is 2. The lowest BCUT2D eigenvalue weighted by atomic mass is 10.3. The molecule has 0 saturated heterocycles. The molecule has 0 aliphatic carbocycles. The molecule has 0 spiro atoms. The van der Waals surface area contributed by atoms with Gasteiger partial charge in [0, 0.05) is 25.3 Å². The third kappa shape index (κ3) is 4.50. The molecule has 1 aromatic heterocycles. The van der Waals surface area contributed by atoms with Gasteiger partial charge in [-0.2, -0.15) is 0 Å². The number of hydrogen-bond donors (Lipinski definition) is 0. The molecule has 1 unspecified atom stereocenters. The molecule has 1 heterocycles. The molecule has 5 heteroatoms. The molecule has 1 amide bonds. The van der Waals surface area contributed by atoms with E-state index in [0.29, 0.717) is 0 Å². The van der Waals surface area contributed by atoms with E-state index in [2.05, 4.69) is 23.4 Å². The van der Waals surface area contributed by atoms with E-state index in [0.717, 1.165) is 43.3 Å². The molecule has 120 valence electrons. The molecular weight excluding hydrogens is 282 g/mol. The van der Waals surface area contributed by atoms with Gasteiger partial charge in [-0.05, 0) is 41.0 Å². The fourth-order valence-electron chi connectivity index (χ4n) is 2.29. The minimum atomic E-state index is -0.0912. The summed E-state index contributed by atoms with van der Waals surface area (Å²) in [5.74, 6) is 0.199. The summed E-state index contributed by atoms with van der Waals surface area (Å²) in [4.78, 5) is 18.9. The van der Waals surface area contributed by atoms with Crippen LogP contribution in [-0.2, 0) is 11.3 Å². The first-order chi connectivity index (χ1) is 9.96. The van der Waals surface area contributed by atoms with E-state index in [9.17, 15) is 4.79 Å². The quantitative estimate of drug-likeness (QED) is 0.688. The van der Waals surface area contributed by atoms with Crippen LogP contribution in [0.15, 0.2) is 5.16 Å². The van der Waals surface area contributed by atoms with Crippen molar-refractivity contribution in [2.45, 2.75) is 71.3 Å². The van der Waals surface area contributed by atoms with Crippen LogP contribution >= 0.6 is 11.8 Å². The predicted molar refractivity (Wildman–Crippen MR) is 89.9 cm³/mol. The maximum Gasteiger partial charge on any atom is 0.235 e. The number of unbranched alkanes of at least 4 members (excludes halogenated alkanes) is 1. The first-order valence-corrected chi connectivity index (χ1v) is 8.83. The highest BCUT2D eigenvalue weighted by molar-refractivity contribution is 8.00. The Morgan fingerprint density at radius 1 is 1.29 bits per heavy atom. The van der Waals surface area contributed by atoms with Gasteiger partial charge in [-0.25, -0.2) is 4.98 Å². The smallest absolute Gasteiger partial charge is 0.235 e. The molecule has 0 N–H and O–H groups in total. The van der Waals surface area contributed by atoms with Crippen LogP contribution in [0, 0.1) is 13.8 Å². The number of amides is 1. The second kappa shape index (κ2) is 8.47. The van der Waals surface area contributed by atoms with Crippen LogP contribution in [0.1, 0.15) is 51.9 Å². The van der Waals surface area contributed by atoms with Crippen LogP contribution in [-0.4, -0.2) is 38.7 Å². The number of carbonyl (C=O) groups excluding carboxylic acids is 1. The summed E-state index contributed by atoms with van der Waals surface area (Å²) in [5.41, 5.74) is 2.28. The number of hydrogen-bond acceptors (Lipinski definition) is 3. The highest BCUT2D eigenvalue weighted by atomic mass is 32.2. The Morgan fingerprint density at radius 2 is 1.90 bits per heavy atom. The Kier molecular flexibility index (Phi) is 7.29. The van der Waals surface area contributed by atoms with E-state index in [1.54, 1.807) is 11.8 Å². The van der Waals surface area contributed by atoms with E-state index < -0.39 is 0 Å². The van der Waals surface area contributed by atoms with Gasteiger partial charge in [0.25, 0.3) is 0 Å². The summed E-state index contributed by atoms with van der Waals surface area (Å²) in [5, 5.41) is 0.887. The van der Waals surface area contributed by atoms with Crippen molar-refractivity contribution < 1.29 is 4.79 Å². The predicted octanol–water partition coefficient (Wildman–Crippen LogP) is 3.65. The van der Waals surface area contributed by atoms with Crippen LogP contribution in [0.3, 0.4) is 0 Å². The van der Waals surface area contributed by atoms with E-state index in [4.69, 9.17) is 0 Å². The Hall–Kier alpha value is -0.970. The molecule has 1 rings (SSSR count). The lowest BCUT2D eigenvalue weighted by Gasteiger charge is -2.22. The van der Waals surface area contributed by atoms with Crippen molar-refractivity contribution in [3.8, 4) is 0 Å². The number of thioether (sulfide) groups is 1. The van der Waals surface area contributed by atoms with Crippen LogP contribution in [0.25, 0.3) is 0 Å². The van der Waals surface area contributed by atoms with Crippen molar-refractivity contribution in [3.05, 3.63) is 11.4 Å². The first kappa shape index (κ1) is 18.1. The Morgan fingerprint density at radius 3 is 2.43 bits per heavy atom. The van der Waals surface area contributed by atoms with Crippen molar-refractivity contribution in [3.63, 3.8) is 0 Å². The average molecular weight is 311 g/mol. The van der Waals surface area contributed by atoms with Crippen molar-refractivity contribution in [1.29, 1.82) is 0 Å². The van der Waals surface area contributed by atoms with Crippen LogP contribution in [0.2, 0.25) is 0 Å². The minimum absolute atomic E-state index is 0.0912. The molecule has 0 fully saturated rings. The van der Waals surface area contributed by atoms with Gasteiger partial charge in [0.2, 0.25) is 5.91 Å². The van der Waals surface area contributed by atoms with Gasteiger partial charge in [0.15, 0.2) is 5.16 Å². The maximum atomic E-state index is 12.4. The number of imidazole rings is 1. The topological polar surface area (TPSA) is 38.1 Å². The first-order valence-electron chi connectivity index (χ1n) is 7.95. The van der Waals surface area contributed by atoms with Crippen molar-refractivity contribution in [2.75, 3.05) is 13.1 Å². The van der Waals surface area contributed by atoms with Gasteiger partial charge in [0.1, 0.15) is 0 Å². The van der Waals surface area contributed by atoms with Gasteiger partial charge in [-0.3, -0.25) is 4.79 Å². The summed E-state index contributed by atoms with van der Waals surface area (Å²) in [6.45, 7) is 14.9. The molecule has 4 nitrogen and oxygen atoms in total. The zero-order chi connectivity index (χ0) is 16.0. The van der Waals surface area contributed by atoms with E-state index in [1.165, 1.54) is 5.69 Å². The summed E-state index contributed by atoms with van der Waals surface area (Å²) >= 11 is 1.58. The SMILES string of the molecule is CCCCn1c(SC(C)C(=O)N(CC)CC)nc(C)c1C. The van der Waals surface area contributed by atoms with Crippen LogP contribution in [0.4, 0.5) is 0 Å². The third-order valence-corrected chi connectivity index (χ3v) is 4.94. The molecule has 1 aromatic rings. The summed E-state index contributed by atoms with van der Waals surface area (Å²) in [6.07, 6.45) is 2.30. The maximum absolute atomic E-state index is 12.4. The number of aryl methyl sites for hydroxylation is 1. The average Bonchev–Trinajstić information content (AvgIpc) is 2.72. The van der Waals surface area contributed by atoms with Gasteiger partial charge < -0.3 is 9.47 Å². The molecule has 0 bridgehead atoms. The molecular formula is C16H29N3OS. The summed E-state index contributed by atoms with van der Waals surface area (Å²) < 4.78 is 2.26. The molecule has 0 aromatic carbocycles. The number of carbonyl (C=O) groups is 1. The van der Waals surface area contributed by atoms with Gasteiger partial charge >= 0.3 is 0 Å². The fraction of sp³-hybridized carbons (Fsp3) is 0.750. The third-order valence-electron chi connectivity index (χ3n) is 3.86. The number of nitrogens with zero attached hydrogens (tertiary/aromatic N) is 3. The van der Waals surface area contributed by atoms with E-state index in [1.807, 2.05) is 32.6 Å². The van der Waals surface area contributed by atoms with Crippen molar-refractivity contribution >= 4 is 17.7 Å². The van der Waals surface area contributed by atoms with Gasteiger partial charge in [-0.15, -0.1) is 0 Å². The molecule has 1 atom stereocenters. The van der Waals surface area contributed by atoms with E-state index >= 15 is 0 Å². The molecule has 0 aliphatic rings. The fourth-order valence-corrected chi connectivity index (χ4v) is 3.41. The molecule has 21 heavy (non-hydrogen) atoms. The summed E-state index contributed by atoms with van der Waals surface area (Å²) in [6, 6.07) is 0. The van der Waals surface area contributed by atoms with Gasteiger partial charge in [-0.1, -0.05) is 25.1 Å². The second-order valence-electron chi connectivity index (χ2n) is 5.34. The lowest BCUT2D eigenvalue weighted by Crippen LogP contribution is -2.36. The normalized spacial score (nSPS) is 12.5. The van der Waals surface area contributed by atoms with Crippen LogP contribution in [0.5, 0.6) is 0 Å². The van der Waals surface area contributed by atoms with Crippen molar-refractivity contribution in [2.24, 2.45) is 0 Å². The molecule has 0 aliphatic heterocycles. The largest absolute Gasteiger partial charge is 0.342 e. The Labute approximate surface area is 133 Å².